The summed E-state index contributed by atoms with van der Waals surface area (Å²) >= 11 is 0. The summed E-state index contributed by atoms with van der Waals surface area (Å²) in [5.41, 5.74) is 6.88. The van der Waals surface area contributed by atoms with E-state index in [0.29, 0.717) is 18.0 Å². The lowest BCUT2D eigenvalue weighted by molar-refractivity contribution is 0.450. The lowest BCUT2D eigenvalue weighted by Gasteiger charge is -2.01. The zero-order chi connectivity index (χ0) is 10.1. The first-order valence-electron chi connectivity index (χ1n) is 4.20. The first-order chi connectivity index (χ1) is 6.74. The number of hydrogen-bond acceptors (Lipinski definition) is 5. The molecule has 2 aromatic rings. The van der Waals surface area contributed by atoms with E-state index in [1.54, 1.807) is 17.6 Å². The fourth-order valence-corrected chi connectivity index (χ4v) is 1.30. The van der Waals surface area contributed by atoms with Crippen LogP contribution in [0.1, 0.15) is 5.69 Å². The second-order valence-corrected chi connectivity index (χ2v) is 2.86. The molecule has 0 saturated carbocycles. The molecule has 0 unspecified atom stereocenters. The molecule has 0 aliphatic heterocycles. The van der Waals surface area contributed by atoms with Gasteiger partial charge in [-0.25, -0.2) is 4.98 Å². The number of aromatic hydroxyl groups is 1. The number of nitrogens with one attached hydrogen (secondary N) is 1. The summed E-state index contributed by atoms with van der Waals surface area (Å²) in [6, 6.07) is 0. The molecule has 6 nitrogen and oxygen atoms in total. The van der Waals surface area contributed by atoms with Crippen LogP contribution >= 0.6 is 0 Å². The molecule has 74 valence electrons. The van der Waals surface area contributed by atoms with Crippen LogP contribution in [0.25, 0.3) is 5.65 Å². The molecule has 2 rings (SSSR count). The molecule has 0 aliphatic rings. The van der Waals surface area contributed by atoms with Crippen LogP contribution in [0.5, 0.6) is 5.88 Å². The molecule has 0 radical (unpaired) electrons. The van der Waals surface area contributed by atoms with Gasteiger partial charge in [-0.05, 0) is 0 Å². The minimum Gasteiger partial charge on any atom is -0.492 e. The van der Waals surface area contributed by atoms with Gasteiger partial charge in [-0.15, -0.1) is 0 Å². The van der Waals surface area contributed by atoms with Crippen molar-refractivity contribution in [3.05, 3.63) is 18.1 Å². The number of fused-ring (bicyclic) bond motifs is 1. The third-order valence-corrected chi connectivity index (χ3v) is 1.92. The topological polar surface area (TPSA) is 88.5 Å². The van der Waals surface area contributed by atoms with Crippen molar-refractivity contribution in [3.63, 3.8) is 0 Å². The van der Waals surface area contributed by atoms with Crippen LogP contribution in [0.4, 0.5) is 5.82 Å². The lowest BCUT2D eigenvalue weighted by Crippen LogP contribution is -1.97. The average Bonchev–Trinajstić information content (AvgIpc) is 2.59. The third kappa shape index (κ3) is 1.25. The van der Waals surface area contributed by atoms with E-state index in [2.05, 4.69) is 15.3 Å². The van der Waals surface area contributed by atoms with Crippen LogP contribution in [0.2, 0.25) is 0 Å². The van der Waals surface area contributed by atoms with Gasteiger partial charge >= 0.3 is 0 Å². The van der Waals surface area contributed by atoms with Crippen LogP contribution in [0.15, 0.2) is 12.4 Å². The molecule has 0 spiro atoms. The largest absolute Gasteiger partial charge is 0.492 e. The predicted molar refractivity (Wildman–Crippen MR) is 52.1 cm³/mol. The highest BCUT2D eigenvalue weighted by Gasteiger charge is 2.07. The molecule has 0 bridgehead atoms. The number of nitrogens with two attached hydrogens (primary N) is 1. The van der Waals surface area contributed by atoms with E-state index in [9.17, 15) is 5.11 Å². The normalized spacial score (nSPS) is 10.7. The van der Waals surface area contributed by atoms with Gasteiger partial charge in [-0.2, -0.15) is 4.98 Å². The highest BCUT2D eigenvalue weighted by atomic mass is 16.3. The zero-order valence-corrected chi connectivity index (χ0v) is 7.73. The summed E-state index contributed by atoms with van der Waals surface area (Å²) in [7, 11) is 1.72. The van der Waals surface area contributed by atoms with Gasteiger partial charge in [0.2, 0.25) is 5.88 Å². The van der Waals surface area contributed by atoms with Crippen molar-refractivity contribution >= 4 is 11.5 Å². The fraction of sp³-hybridized carbons (Fsp3) is 0.250. The summed E-state index contributed by atoms with van der Waals surface area (Å²) in [4.78, 5) is 8.13. The Labute approximate surface area is 80.4 Å². The van der Waals surface area contributed by atoms with Crippen LogP contribution in [-0.4, -0.2) is 26.5 Å². The van der Waals surface area contributed by atoms with Gasteiger partial charge in [-0.3, -0.25) is 4.40 Å². The monoisotopic (exact) mass is 193 g/mol. The molecule has 2 heterocycles. The summed E-state index contributed by atoms with van der Waals surface area (Å²) in [6.07, 6.45) is 3.25. The molecule has 0 saturated heterocycles. The molecule has 6 heteroatoms. The van der Waals surface area contributed by atoms with Crippen molar-refractivity contribution in [2.24, 2.45) is 5.73 Å². The minimum absolute atomic E-state index is 0.0529. The number of rotatable bonds is 2. The first kappa shape index (κ1) is 8.76. The van der Waals surface area contributed by atoms with Gasteiger partial charge in [0, 0.05) is 19.8 Å². The van der Waals surface area contributed by atoms with Gasteiger partial charge in [0.25, 0.3) is 0 Å². The molecule has 2 aromatic heterocycles. The van der Waals surface area contributed by atoms with Crippen molar-refractivity contribution < 1.29 is 5.11 Å². The lowest BCUT2D eigenvalue weighted by atomic mass is 10.5. The van der Waals surface area contributed by atoms with Crippen molar-refractivity contribution in [3.8, 4) is 5.88 Å². The summed E-state index contributed by atoms with van der Waals surface area (Å²) in [5, 5.41) is 12.1. The van der Waals surface area contributed by atoms with E-state index in [4.69, 9.17) is 5.73 Å². The highest BCUT2D eigenvalue weighted by Crippen LogP contribution is 2.17. The van der Waals surface area contributed by atoms with Crippen molar-refractivity contribution in [1.29, 1.82) is 0 Å². The van der Waals surface area contributed by atoms with Crippen LogP contribution in [0, 0.1) is 0 Å². The molecule has 0 amide bonds. The summed E-state index contributed by atoms with van der Waals surface area (Å²) in [6.45, 7) is 0.367. The van der Waals surface area contributed by atoms with Gasteiger partial charge in [0.05, 0.1) is 11.9 Å². The molecule has 14 heavy (non-hydrogen) atoms. The maximum absolute atomic E-state index is 9.29. The number of hydrogen-bond donors (Lipinski definition) is 3. The molecule has 4 N–H and O–H groups in total. The molecular weight excluding hydrogens is 182 g/mol. The van der Waals surface area contributed by atoms with Crippen LogP contribution < -0.4 is 11.1 Å². The molecule has 0 aromatic carbocycles. The predicted octanol–water partition coefficient (Wildman–Crippen LogP) is -0.0647. The van der Waals surface area contributed by atoms with Crippen LogP contribution in [-0.2, 0) is 6.54 Å². The Kier molecular flexibility index (Phi) is 1.97. The molecular formula is C8H11N5O. The van der Waals surface area contributed by atoms with Crippen molar-refractivity contribution in [1.82, 2.24) is 14.4 Å². The minimum atomic E-state index is -0.0529. The second-order valence-electron chi connectivity index (χ2n) is 2.86. The molecule has 0 fully saturated rings. The number of imidazole rings is 1. The standard InChI is InChI=1S/C8H11N5O/c1-10-7-8-11-5(2-9)3-13(8)4-6(14)12-7/h3-4,14H,2,9H2,1H3,(H,10,12). The maximum atomic E-state index is 9.29. The first-order valence-corrected chi connectivity index (χ1v) is 4.20. The highest BCUT2D eigenvalue weighted by molar-refractivity contribution is 5.63. The van der Waals surface area contributed by atoms with Gasteiger partial charge in [-0.1, -0.05) is 0 Å². The Morgan fingerprint density at radius 3 is 2.93 bits per heavy atom. The molecule has 0 atom stereocenters. The van der Waals surface area contributed by atoms with Crippen molar-refractivity contribution in [2.45, 2.75) is 6.54 Å². The molecule has 0 aliphatic carbocycles. The van der Waals surface area contributed by atoms with E-state index in [1.165, 1.54) is 6.20 Å². The Balaban J connectivity index is 2.71. The Bertz CT molecular complexity index is 464. The number of anilines is 1. The smallest absolute Gasteiger partial charge is 0.230 e. The number of aromatic nitrogens is 3. The average molecular weight is 193 g/mol. The van der Waals surface area contributed by atoms with E-state index >= 15 is 0 Å². The Morgan fingerprint density at radius 1 is 1.50 bits per heavy atom. The van der Waals surface area contributed by atoms with Gasteiger partial charge < -0.3 is 16.2 Å². The summed E-state index contributed by atoms with van der Waals surface area (Å²) in [5.74, 6) is 0.479. The van der Waals surface area contributed by atoms with E-state index in [-0.39, 0.29) is 5.88 Å². The van der Waals surface area contributed by atoms with Gasteiger partial charge in [0.15, 0.2) is 11.5 Å². The fourth-order valence-electron chi connectivity index (χ4n) is 1.30. The quantitative estimate of drug-likeness (QED) is 0.621. The Morgan fingerprint density at radius 2 is 2.29 bits per heavy atom. The van der Waals surface area contributed by atoms with E-state index in [1.807, 2.05) is 0 Å². The van der Waals surface area contributed by atoms with Crippen molar-refractivity contribution in [2.75, 3.05) is 12.4 Å². The second kappa shape index (κ2) is 3.15. The van der Waals surface area contributed by atoms with E-state index < -0.39 is 0 Å². The SMILES string of the molecule is CNc1nc(O)cn2cc(CN)nc12. The van der Waals surface area contributed by atoms with Crippen LogP contribution in [0.3, 0.4) is 0 Å². The zero-order valence-electron chi connectivity index (χ0n) is 7.73. The maximum Gasteiger partial charge on any atom is 0.230 e. The Hall–Kier alpha value is -1.82. The summed E-state index contributed by atoms with van der Waals surface area (Å²) < 4.78 is 1.69. The third-order valence-electron chi connectivity index (χ3n) is 1.92. The number of nitrogens with zero attached hydrogens (tertiary/aromatic N) is 3. The van der Waals surface area contributed by atoms with Gasteiger partial charge in [0.1, 0.15) is 0 Å². The van der Waals surface area contributed by atoms with E-state index in [0.717, 1.165) is 5.69 Å².